The highest BCUT2D eigenvalue weighted by Crippen LogP contribution is 2.22. The van der Waals surface area contributed by atoms with Gasteiger partial charge in [0.25, 0.3) is 0 Å². The second kappa shape index (κ2) is 10.3. The predicted molar refractivity (Wildman–Crippen MR) is 73.4 cm³/mol. The van der Waals surface area contributed by atoms with Gasteiger partial charge in [0.05, 0.1) is 13.2 Å². The molecule has 0 aromatic rings. The van der Waals surface area contributed by atoms with Crippen LogP contribution in [0.1, 0.15) is 0 Å². The Morgan fingerprint density at radius 2 is 1.62 bits per heavy atom. The van der Waals surface area contributed by atoms with E-state index < -0.39 is 74.6 Å². The Balaban J connectivity index is 0.00000529. The number of ketones is 1. The number of aliphatic hydroxyl groups is 8. The van der Waals surface area contributed by atoms with Crippen molar-refractivity contribution in [3.05, 3.63) is 0 Å². The summed E-state index contributed by atoms with van der Waals surface area (Å²) in [6, 6.07) is 0. The van der Waals surface area contributed by atoms with E-state index in [-0.39, 0.29) is 5.48 Å². The van der Waals surface area contributed by atoms with Crippen molar-refractivity contribution in [2.45, 2.75) is 49.0 Å². The van der Waals surface area contributed by atoms with Crippen LogP contribution in [0.5, 0.6) is 0 Å². The number of aliphatic hydroxyl groups excluding tert-OH is 8. The number of Topliss-reactive ketones (excluding diaryl/α,β-unsaturated/α-hetero) is 1. The van der Waals surface area contributed by atoms with Gasteiger partial charge in [-0.2, -0.15) is 0 Å². The van der Waals surface area contributed by atoms with Gasteiger partial charge in [-0.05, 0) is 0 Å². The Morgan fingerprint density at radius 3 is 2.12 bits per heavy atom. The van der Waals surface area contributed by atoms with Gasteiger partial charge < -0.3 is 55.8 Å². The fourth-order valence-electron chi connectivity index (χ4n) is 1.99. The molecule has 1 rings (SSSR count). The first-order valence-electron chi connectivity index (χ1n) is 6.84. The van der Waals surface area contributed by atoms with Crippen LogP contribution in [-0.2, 0) is 14.3 Å². The highest BCUT2D eigenvalue weighted by molar-refractivity contribution is 5.84. The van der Waals surface area contributed by atoms with Crippen molar-refractivity contribution in [2.24, 2.45) is 0 Å². The molecule has 12 nitrogen and oxygen atoms in total. The maximum atomic E-state index is 11.0. The molecule has 10 N–H and O–H groups in total. The van der Waals surface area contributed by atoms with Crippen molar-refractivity contribution in [3.8, 4) is 0 Å². The Kier molecular flexibility index (Phi) is 9.94. The monoisotopic (exact) mass is 360 g/mol. The molecule has 0 aromatic heterocycles. The van der Waals surface area contributed by atoms with E-state index in [1.807, 2.05) is 0 Å². The maximum absolute atomic E-state index is 11.0. The molecular formula is C12H24O12. The van der Waals surface area contributed by atoms with Gasteiger partial charge in [0.15, 0.2) is 12.1 Å². The van der Waals surface area contributed by atoms with Gasteiger partial charge >= 0.3 is 0 Å². The van der Waals surface area contributed by atoms with Crippen LogP contribution in [0, 0.1) is 0 Å². The molecule has 1 heterocycles. The van der Waals surface area contributed by atoms with E-state index in [0.717, 1.165) is 0 Å². The third-order valence-electron chi connectivity index (χ3n) is 3.48. The Morgan fingerprint density at radius 1 is 1.04 bits per heavy atom. The van der Waals surface area contributed by atoms with Gasteiger partial charge in [-0.1, -0.05) is 0 Å². The van der Waals surface area contributed by atoms with Gasteiger partial charge in [0.1, 0.15) is 49.3 Å². The molecule has 8 atom stereocenters. The van der Waals surface area contributed by atoms with E-state index in [1.54, 1.807) is 0 Å². The summed E-state index contributed by atoms with van der Waals surface area (Å²) in [5.41, 5.74) is 0. The van der Waals surface area contributed by atoms with Gasteiger partial charge in [-0.25, -0.2) is 0 Å². The minimum absolute atomic E-state index is 0. The molecule has 1 saturated heterocycles. The van der Waals surface area contributed by atoms with Crippen LogP contribution in [0.4, 0.5) is 0 Å². The van der Waals surface area contributed by atoms with Gasteiger partial charge in [0.2, 0.25) is 0 Å². The van der Waals surface area contributed by atoms with E-state index in [2.05, 4.69) is 0 Å². The zero-order chi connectivity index (χ0) is 17.7. The lowest BCUT2D eigenvalue weighted by Gasteiger charge is -2.40. The van der Waals surface area contributed by atoms with Crippen molar-refractivity contribution in [2.75, 3.05) is 19.8 Å². The van der Waals surface area contributed by atoms with E-state index in [1.165, 1.54) is 0 Å². The first kappa shape index (κ1) is 23.2. The number of carbonyl (C=O) groups is 1. The highest BCUT2D eigenvalue weighted by Gasteiger charge is 2.44. The van der Waals surface area contributed by atoms with E-state index in [4.69, 9.17) is 19.7 Å². The number of rotatable bonds is 8. The molecule has 0 saturated carbocycles. The van der Waals surface area contributed by atoms with Gasteiger partial charge in [-0.15, -0.1) is 0 Å². The normalized spacial score (nSPS) is 34.1. The average molecular weight is 360 g/mol. The van der Waals surface area contributed by atoms with Crippen LogP contribution in [-0.4, -0.2) is 121 Å². The highest BCUT2D eigenvalue weighted by atomic mass is 16.7. The molecule has 24 heavy (non-hydrogen) atoms. The van der Waals surface area contributed by atoms with Crippen molar-refractivity contribution in [3.63, 3.8) is 0 Å². The Bertz CT molecular complexity index is 377. The fraction of sp³-hybridized carbons (Fsp3) is 0.917. The smallest absolute Gasteiger partial charge is 0.189 e. The van der Waals surface area contributed by atoms with Crippen LogP contribution in [0.25, 0.3) is 0 Å². The summed E-state index contributed by atoms with van der Waals surface area (Å²) in [5, 5.41) is 74.8. The minimum atomic E-state index is -2.03. The average Bonchev–Trinajstić information content (AvgIpc) is 2.56. The lowest BCUT2D eigenvalue weighted by molar-refractivity contribution is -0.306. The summed E-state index contributed by atoms with van der Waals surface area (Å²) in [7, 11) is 0. The van der Waals surface area contributed by atoms with Crippen molar-refractivity contribution >= 4 is 5.78 Å². The second-order valence-electron chi connectivity index (χ2n) is 5.16. The zero-order valence-corrected chi connectivity index (χ0v) is 12.5. The molecular weight excluding hydrogens is 336 g/mol. The lowest BCUT2D eigenvalue weighted by atomic mass is 9.99. The third-order valence-corrected chi connectivity index (χ3v) is 3.48. The quantitative estimate of drug-likeness (QED) is 0.203. The van der Waals surface area contributed by atoms with Crippen LogP contribution in [0.3, 0.4) is 0 Å². The number of carbonyl (C=O) groups excluding carboxylic acids is 1. The van der Waals surface area contributed by atoms with E-state index in [0.29, 0.717) is 0 Å². The van der Waals surface area contributed by atoms with Crippen LogP contribution < -0.4 is 0 Å². The fourth-order valence-corrected chi connectivity index (χ4v) is 1.99. The molecule has 0 spiro atoms. The van der Waals surface area contributed by atoms with Crippen molar-refractivity contribution in [1.82, 2.24) is 0 Å². The molecule has 12 heteroatoms. The lowest BCUT2D eigenvalue weighted by Crippen LogP contribution is -2.59. The SMILES string of the molecule is O.O=C(CO)[C@@H](O)[C@H](O)[C@H](O)CO[C@H]1O[C@H](CO)[C@@H](O)[C@H](O)[C@H]1O. The van der Waals surface area contributed by atoms with Crippen molar-refractivity contribution < 1.29 is 60.6 Å². The summed E-state index contributed by atoms with van der Waals surface area (Å²) < 4.78 is 9.94. The van der Waals surface area contributed by atoms with E-state index >= 15 is 0 Å². The molecule has 1 aliphatic heterocycles. The minimum Gasteiger partial charge on any atom is -0.412 e. The summed E-state index contributed by atoms with van der Waals surface area (Å²) in [6.07, 6.45) is -13.4. The van der Waals surface area contributed by atoms with Crippen LogP contribution >= 0.6 is 0 Å². The summed E-state index contributed by atoms with van der Waals surface area (Å²) in [6.45, 7) is -2.40. The summed E-state index contributed by atoms with van der Waals surface area (Å²) in [4.78, 5) is 11.0. The van der Waals surface area contributed by atoms with Gasteiger partial charge in [-0.3, -0.25) is 4.79 Å². The first-order valence-corrected chi connectivity index (χ1v) is 6.84. The topological polar surface area (TPSA) is 229 Å². The Labute approximate surface area is 136 Å². The van der Waals surface area contributed by atoms with Crippen molar-refractivity contribution in [1.29, 1.82) is 0 Å². The molecule has 144 valence electrons. The molecule has 0 bridgehead atoms. The number of ether oxygens (including phenoxy) is 2. The molecule has 1 fully saturated rings. The number of hydrogen-bond donors (Lipinski definition) is 8. The maximum Gasteiger partial charge on any atom is 0.189 e. The predicted octanol–water partition coefficient (Wildman–Crippen LogP) is -6.38. The molecule has 0 aliphatic carbocycles. The molecule has 0 radical (unpaired) electrons. The van der Waals surface area contributed by atoms with Crippen LogP contribution in [0.15, 0.2) is 0 Å². The zero-order valence-electron chi connectivity index (χ0n) is 12.5. The van der Waals surface area contributed by atoms with Gasteiger partial charge in [0, 0.05) is 0 Å². The molecule has 0 aromatic carbocycles. The first-order chi connectivity index (χ1) is 10.7. The second-order valence-corrected chi connectivity index (χ2v) is 5.16. The third kappa shape index (κ3) is 5.37. The van der Waals surface area contributed by atoms with Crippen LogP contribution in [0.2, 0.25) is 0 Å². The molecule has 0 unspecified atom stereocenters. The summed E-state index contributed by atoms with van der Waals surface area (Å²) >= 11 is 0. The van der Waals surface area contributed by atoms with E-state index in [9.17, 15) is 35.4 Å². The largest absolute Gasteiger partial charge is 0.412 e. The summed E-state index contributed by atoms with van der Waals surface area (Å²) in [5.74, 6) is -1.11. The number of hydrogen-bond acceptors (Lipinski definition) is 11. The Hall–Kier alpha value is -0.770. The molecule has 1 aliphatic rings. The standard InChI is InChI=1S/C12H22O11.H2O/c13-1-4(15)7(17)8(18)5(16)3-22-12-11(21)10(20)9(19)6(2-14)23-12;/h5-14,16-21H,1-3H2;1H2/t5-,6-,7-,8-,9-,10+,11-,12+;/m1./s1. The molecule has 0 amide bonds.